The molecule has 3 nitrogen and oxygen atoms in total. The van der Waals surface area contributed by atoms with Crippen LogP contribution in [0.3, 0.4) is 0 Å². The third-order valence-electron chi connectivity index (χ3n) is 4.08. The van der Waals surface area contributed by atoms with Crippen molar-refractivity contribution in [1.29, 1.82) is 0 Å². The molecule has 0 radical (unpaired) electrons. The molecule has 2 unspecified atom stereocenters. The predicted octanol–water partition coefficient (Wildman–Crippen LogP) is 2.49. The normalized spacial score (nSPS) is 17.8. The molecule has 3 heteroatoms. The Kier molecular flexibility index (Phi) is 7.41. The van der Waals surface area contributed by atoms with Crippen molar-refractivity contribution < 1.29 is 5.11 Å². The van der Waals surface area contributed by atoms with E-state index in [1.807, 2.05) is 0 Å². The van der Waals surface area contributed by atoms with Crippen LogP contribution < -0.4 is 5.32 Å². The van der Waals surface area contributed by atoms with E-state index in [1.54, 1.807) is 0 Å². The maximum absolute atomic E-state index is 9.54. The topological polar surface area (TPSA) is 35.5 Å². The first-order chi connectivity index (χ1) is 8.16. The third kappa shape index (κ3) is 6.17. The highest BCUT2D eigenvalue weighted by molar-refractivity contribution is 4.85. The first-order valence-electron chi connectivity index (χ1n) is 7.22. The standard InChI is InChI=1S/C15H34N2O/c1-8-10-16-15(6,12-18)9-11-17(7)13(2)14(3,4)5/h13,16,18H,8-12H2,1-7H3. The third-order valence-corrected chi connectivity index (χ3v) is 4.08. The molecule has 0 bridgehead atoms. The SMILES string of the molecule is CCCNC(C)(CO)CCN(C)C(C)C(C)(C)C. The quantitative estimate of drug-likeness (QED) is 0.702. The molecular weight excluding hydrogens is 224 g/mol. The summed E-state index contributed by atoms with van der Waals surface area (Å²) in [7, 11) is 2.17. The van der Waals surface area contributed by atoms with Crippen LogP contribution in [0.4, 0.5) is 0 Å². The first-order valence-corrected chi connectivity index (χ1v) is 7.22. The number of hydrogen-bond acceptors (Lipinski definition) is 3. The van der Waals surface area contributed by atoms with Gasteiger partial charge in [-0.3, -0.25) is 0 Å². The fourth-order valence-electron chi connectivity index (χ4n) is 1.93. The summed E-state index contributed by atoms with van der Waals surface area (Å²) in [5.74, 6) is 0. The van der Waals surface area contributed by atoms with Gasteiger partial charge in [-0.25, -0.2) is 0 Å². The van der Waals surface area contributed by atoms with E-state index in [2.05, 4.69) is 58.8 Å². The molecule has 0 aliphatic carbocycles. The lowest BCUT2D eigenvalue weighted by molar-refractivity contribution is 0.108. The largest absolute Gasteiger partial charge is 0.394 e. The molecule has 0 amide bonds. The van der Waals surface area contributed by atoms with Crippen molar-refractivity contribution in [2.45, 2.75) is 66.0 Å². The maximum Gasteiger partial charge on any atom is 0.0611 e. The highest BCUT2D eigenvalue weighted by Crippen LogP contribution is 2.23. The lowest BCUT2D eigenvalue weighted by Crippen LogP contribution is -2.49. The average Bonchev–Trinajstić information content (AvgIpc) is 2.31. The monoisotopic (exact) mass is 258 g/mol. The smallest absolute Gasteiger partial charge is 0.0611 e. The van der Waals surface area contributed by atoms with Crippen molar-refractivity contribution in [3.05, 3.63) is 0 Å². The van der Waals surface area contributed by atoms with E-state index in [4.69, 9.17) is 0 Å². The van der Waals surface area contributed by atoms with Gasteiger partial charge in [-0.2, -0.15) is 0 Å². The Morgan fingerprint density at radius 3 is 2.17 bits per heavy atom. The van der Waals surface area contributed by atoms with E-state index >= 15 is 0 Å². The summed E-state index contributed by atoms with van der Waals surface area (Å²) >= 11 is 0. The maximum atomic E-state index is 9.54. The van der Waals surface area contributed by atoms with Crippen molar-refractivity contribution in [2.24, 2.45) is 5.41 Å². The van der Waals surface area contributed by atoms with Gasteiger partial charge in [0.2, 0.25) is 0 Å². The number of nitrogens with zero attached hydrogens (tertiary/aromatic N) is 1. The van der Waals surface area contributed by atoms with E-state index in [0.717, 1.165) is 25.9 Å². The van der Waals surface area contributed by atoms with Gasteiger partial charge in [-0.15, -0.1) is 0 Å². The van der Waals surface area contributed by atoms with Gasteiger partial charge in [0.25, 0.3) is 0 Å². The molecule has 0 rings (SSSR count). The number of rotatable bonds is 8. The summed E-state index contributed by atoms with van der Waals surface area (Å²) in [5.41, 5.74) is 0.142. The number of nitrogens with one attached hydrogen (secondary N) is 1. The molecule has 18 heavy (non-hydrogen) atoms. The number of aliphatic hydroxyl groups excluding tert-OH is 1. The van der Waals surface area contributed by atoms with Gasteiger partial charge in [0.15, 0.2) is 0 Å². The van der Waals surface area contributed by atoms with Crippen LogP contribution in [0.5, 0.6) is 0 Å². The second-order valence-electron chi connectivity index (χ2n) is 6.92. The van der Waals surface area contributed by atoms with Crippen molar-refractivity contribution >= 4 is 0 Å². The molecule has 0 spiro atoms. The lowest BCUT2D eigenvalue weighted by Gasteiger charge is -2.38. The zero-order valence-corrected chi connectivity index (χ0v) is 13.5. The minimum absolute atomic E-state index is 0.151. The summed E-state index contributed by atoms with van der Waals surface area (Å²) in [6, 6.07) is 0.534. The van der Waals surface area contributed by atoms with Crippen LogP contribution in [0.2, 0.25) is 0 Å². The van der Waals surface area contributed by atoms with E-state index in [0.29, 0.717) is 11.5 Å². The van der Waals surface area contributed by atoms with E-state index in [9.17, 15) is 5.11 Å². The summed E-state index contributed by atoms with van der Waals surface area (Å²) in [5, 5.41) is 13.0. The van der Waals surface area contributed by atoms with Crippen LogP contribution >= 0.6 is 0 Å². The van der Waals surface area contributed by atoms with Crippen LogP contribution in [-0.4, -0.2) is 48.3 Å². The second kappa shape index (κ2) is 7.46. The Balaban J connectivity index is 4.28. The van der Waals surface area contributed by atoms with E-state index in [-0.39, 0.29) is 12.1 Å². The van der Waals surface area contributed by atoms with Crippen LogP contribution in [0, 0.1) is 5.41 Å². The molecule has 0 aromatic rings. The van der Waals surface area contributed by atoms with Gasteiger partial charge in [-0.1, -0.05) is 27.7 Å². The van der Waals surface area contributed by atoms with E-state index in [1.165, 1.54) is 0 Å². The molecule has 0 fully saturated rings. The average molecular weight is 258 g/mol. The number of hydrogen-bond donors (Lipinski definition) is 2. The summed E-state index contributed by atoms with van der Waals surface area (Å²) in [6.07, 6.45) is 2.07. The minimum Gasteiger partial charge on any atom is -0.394 e. The minimum atomic E-state index is -0.151. The Morgan fingerprint density at radius 2 is 1.78 bits per heavy atom. The van der Waals surface area contributed by atoms with E-state index < -0.39 is 0 Å². The predicted molar refractivity (Wildman–Crippen MR) is 79.9 cm³/mol. The molecule has 2 atom stereocenters. The molecule has 0 aromatic heterocycles. The van der Waals surface area contributed by atoms with Crippen LogP contribution in [0.1, 0.15) is 54.4 Å². The van der Waals surface area contributed by atoms with Crippen LogP contribution in [-0.2, 0) is 0 Å². The fraction of sp³-hybridized carbons (Fsp3) is 1.00. The second-order valence-corrected chi connectivity index (χ2v) is 6.92. The van der Waals surface area contributed by atoms with Crippen molar-refractivity contribution in [2.75, 3.05) is 26.7 Å². The zero-order valence-electron chi connectivity index (χ0n) is 13.5. The Bertz CT molecular complexity index is 225. The van der Waals surface area contributed by atoms with Gasteiger partial charge in [0.05, 0.1) is 6.61 Å². The zero-order chi connectivity index (χ0) is 14.4. The van der Waals surface area contributed by atoms with Crippen molar-refractivity contribution in [1.82, 2.24) is 10.2 Å². The summed E-state index contributed by atoms with van der Waals surface area (Å²) in [4.78, 5) is 2.39. The molecule has 0 heterocycles. The van der Waals surface area contributed by atoms with Gasteiger partial charge >= 0.3 is 0 Å². The van der Waals surface area contributed by atoms with Gasteiger partial charge in [-0.05, 0) is 52.2 Å². The summed E-state index contributed by atoms with van der Waals surface area (Å²) < 4.78 is 0. The molecule has 110 valence electrons. The highest BCUT2D eigenvalue weighted by Gasteiger charge is 2.27. The molecule has 0 aromatic carbocycles. The van der Waals surface area contributed by atoms with Crippen LogP contribution in [0.15, 0.2) is 0 Å². The lowest BCUT2D eigenvalue weighted by atomic mass is 9.86. The molecule has 0 saturated heterocycles. The van der Waals surface area contributed by atoms with Gasteiger partial charge in [0.1, 0.15) is 0 Å². The number of aliphatic hydroxyl groups is 1. The van der Waals surface area contributed by atoms with Gasteiger partial charge < -0.3 is 15.3 Å². The molecular formula is C15H34N2O. The highest BCUT2D eigenvalue weighted by atomic mass is 16.3. The van der Waals surface area contributed by atoms with Crippen molar-refractivity contribution in [3.8, 4) is 0 Å². The Labute approximate surface area is 114 Å². The Morgan fingerprint density at radius 1 is 1.22 bits per heavy atom. The molecule has 0 aliphatic heterocycles. The van der Waals surface area contributed by atoms with Gasteiger partial charge in [0, 0.05) is 11.6 Å². The molecule has 0 saturated carbocycles. The molecule has 2 N–H and O–H groups in total. The summed E-state index contributed by atoms with van der Waals surface area (Å²) in [6.45, 7) is 15.5. The molecule has 0 aliphatic rings. The van der Waals surface area contributed by atoms with Crippen LogP contribution in [0.25, 0.3) is 0 Å². The van der Waals surface area contributed by atoms with Crippen molar-refractivity contribution in [3.63, 3.8) is 0 Å². The Hall–Kier alpha value is -0.120. The fourth-order valence-corrected chi connectivity index (χ4v) is 1.93. The first kappa shape index (κ1) is 17.9.